The minimum atomic E-state index is -0.172. The van der Waals surface area contributed by atoms with Crippen LogP contribution >= 0.6 is 11.6 Å². The summed E-state index contributed by atoms with van der Waals surface area (Å²) in [4.78, 5) is 20.0. The number of rotatable bonds is 4. The van der Waals surface area contributed by atoms with E-state index in [1.807, 2.05) is 12.1 Å². The highest BCUT2D eigenvalue weighted by atomic mass is 35.5. The maximum Gasteiger partial charge on any atom is 0.271 e. The van der Waals surface area contributed by atoms with Crippen LogP contribution in [0.4, 0.5) is 11.5 Å². The van der Waals surface area contributed by atoms with E-state index >= 15 is 0 Å². The molecule has 1 heterocycles. The molecule has 1 amide bonds. The van der Waals surface area contributed by atoms with Crippen molar-refractivity contribution in [2.24, 2.45) is 0 Å². The van der Waals surface area contributed by atoms with Crippen molar-refractivity contribution in [3.8, 4) is 0 Å². The minimum Gasteiger partial charge on any atom is -0.348 e. The lowest BCUT2D eigenvalue weighted by Crippen LogP contribution is -2.26. The van der Waals surface area contributed by atoms with Crippen LogP contribution in [0.3, 0.4) is 0 Å². The van der Waals surface area contributed by atoms with Gasteiger partial charge in [-0.3, -0.25) is 4.79 Å². The van der Waals surface area contributed by atoms with Crippen LogP contribution in [-0.4, -0.2) is 21.9 Å². The van der Waals surface area contributed by atoms with Crippen LogP contribution in [0.2, 0.25) is 5.02 Å². The molecule has 6 heteroatoms. The van der Waals surface area contributed by atoms with Crippen molar-refractivity contribution in [3.63, 3.8) is 0 Å². The number of hydrogen-bond donors (Lipinski definition) is 2. The van der Waals surface area contributed by atoms with Gasteiger partial charge < -0.3 is 10.6 Å². The molecule has 1 fully saturated rings. The summed E-state index contributed by atoms with van der Waals surface area (Å²) in [5, 5.41) is 6.58. The molecule has 0 saturated heterocycles. The van der Waals surface area contributed by atoms with Gasteiger partial charge in [0, 0.05) is 16.8 Å². The zero-order chi connectivity index (χ0) is 13.9. The second kappa shape index (κ2) is 5.46. The number of halogens is 1. The average molecular weight is 289 g/mol. The normalized spacial score (nSPS) is 13.8. The average Bonchev–Trinajstić information content (AvgIpc) is 3.23. The van der Waals surface area contributed by atoms with E-state index in [9.17, 15) is 4.79 Å². The zero-order valence-electron chi connectivity index (χ0n) is 10.6. The molecule has 1 saturated carbocycles. The first-order chi connectivity index (χ1) is 9.70. The van der Waals surface area contributed by atoms with Crippen LogP contribution < -0.4 is 10.6 Å². The molecule has 102 valence electrons. The molecule has 0 radical (unpaired) electrons. The molecule has 20 heavy (non-hydrogen) atoms. The lowest BCUT2D eigenvalue weighted by Gasteiger charge is -2.06. The van der Waals surface area contributed by atoms with Crippen molar-refractivity contribution in [1.82, 2.24) is 15.3 Å². The van der Waals surface area contributed by atoms with Crippen LogP contribution in [0.1, 0.15) is 23.3 Å². The van der Waals surface area contributed by atoms with E-state index in [1.54, 1.807) is 12.1 Å². The molecule has 1 aliphatic rings. The van der Waals surface area contributed by atoms with Crippen molar-refractivity contribution in [2.45, 2.75) is 18.9 Å². The number of amides is 1. The van der Waals surface area contributed by atoms with Crippen molar-refractivity contribution in [2.75, 3.05) is 5.32 Å². The van der Waals surface area contributed by atoms with Crippen molar-refractivity contribution in [3.05, 3.63) is 47.4 Å². The van der Waals surface area contributed by atoms with Gasteiger partial charge in [-0.25, -0.2) is 9.97 Å². The summed E-state index contributed by atoms with van der Waals surface area (Å²) in [6, 6.07) is 7.62. The third kappa shape index (κ3) is 3.24. The van der Waals surface area contributed by atoms with Crippen molar-refractivity contribution in [1.29, 1.82) is 0 Å². The third-order valence-electron chi connectivity index (χ3n) is 2.89. The van der Waals surface area contributed by atoms with Gasteiger partial charge in [-0.2, -0.15) is 0 Å². The highest BCUT2D eigenvalue weighted by Crippen LogP contribution is 2.20. The number of benzene rings is 1. The number of hydrogen-bond acceptors (Lipinski definition) is 4. The Hall–Kier alpha value is -2.14. The second-order valence-electron chi connectivity index (χ2n) is 4.67. The highest BCUT2D eigenvalue weighted by molar-refractivity contribution is 6.30. The van der Waals surface area contributed by atoms with Crippen LogP contribution in [0.5, 0.6) is 0 Å². The summed E-state index contributed by atoms with van der Waals surface area (Å²) in [6.07, 6.45) is 5.09. The monoisotopic (exact) mass is 288 g/mol. The Morgan fingerprint density at radius 2 is 2.10 bits per heavy atom. The topological polar surface area (TPSA) is 66.9 Å². The second-order valence-corrected chi connectivity index (χ2v) is 5.11. The highest BCUT2D eigenvalue weighted by Gasteiger charge is 2.24. The Morgan fingerprint density at radius 3 is 2.75 bits per heavy atom. The SMILES string of the molecule is O=C(NC1CC1)c1cnc(Nc2cccc(Cl)c2)cn1. The number of anilines is 2. The number of carbonyl (C=O) groups is 1. The standard InChI is InChI=1S/C14H13ClN4O/c15-9-2-1-3-11(6-9)18-13-8-16-12(7-17-13)14(20)19-10-4-5-10/h1-3,6-8,10H,4-5H2,(H,17,18)(H,19,20). The summed E-state index contributed by atoms with van der Waals surface area (Å²) in [7, 11) is 0. The fraction of sp³-hybridized carbons (Fsp3) is 0.214. The lowest BCUT2D eigenvalue weighted by molar-refractivity contribution is 0.0945. The summed E-state index contributed by atoms with van der Waals surface area (Å²) in [5.74, 6) is 0.393. The first kappa shape index (κ1) is 12.9. The minimum absolute atomic E-state index is 0.172. The first-order valence-corrected chi connectivity index (χ1v) is 6.74. The molecule has 1 aromatic carbocycles. The molecule has 0 bridgehead atoms. The van der Waals surface area contributed by atoms with Gasteiger partial charge in [-0.05, 0) is 31.0 Å². The van der Waals surface area contributed by atoms with Crippen LogP contribution in [0.15, 0.2) is 36.7 Å². The van der Waals surface area contributed by atoms with E-state index in [0.717, 1.165) is 18.5 Å². The fourth-order valence-corrected chi connectivity index (χ4v) is 1.90. The molecule has 1 aliphatic carbocycles. The molecule has 1 aromatic heterocycles. The van der Waals surface area contributed by atoms with Gasteiger partial charge in [-0.15, -0.1) is 0 Å². The predicted octanol–water partition coefficient (Wildman–Crippen LogP) is 2.77. The Labute approximate surface area is 121 Å². The van der Waals surface area contributed by atoms with Gasteiger partial charge >= 0.3 is 0 Å². The van der Waals surface area contributed by atoms with Crippen molar-refractivity contribution >= 4 is 29.0 Å². The third-order valence-corrected chi connectivity index (χ3v) is 3.13. The number of aromatic nitrogens is 2. The molecule has 5 nitrogen and oxygen atoms in total. The van der Waals surface area contributed by atoms with Gasteiger partial charge in [0.15, 0.2) is 0 Å². The van der Waals surface area contributed by atoms with Gasteiger partial charge in [0.2, 0.25) is 0 Å². The zero-order valence-corrected chi connectivity index (χ0v) is 11.4. The van der Waals surface area contributed by atoms with Crippen molar-refractivity contribution < 1.29 is 4.79 Å². The van der Waals surface area contributed by atoms with Gasteiger partial charge in [0.1, 0.15) is 11.5 Å². The molecule has 0 spiro atoms. The first-order valence-electron chi connectivity index (χ1n) is 6.36. The maximum atomic E-state index is 11.8. The molecule has 0 atom stereocenters. The van der Waals surface area contributed by atoms with Crippen LogP contribution in [0.25, 0.3) is 0 Å². The Morgan fingerprint density at radius 1 is 1.25 bits per heavy atom. The quantitative estimate of drug-likeness (QED) is 0.908. The van der Waals surface area contributed by atoms with Crippen LogP contribution in [-0.2, 0) is 0 Å². The van der Waals surface area contributed by atoms with Gasteiger partial charge in [0.05, 0.1) is 12.4 Å². The summed E-state index contributed by atoms with van der Waals surface area (Å²) < 4.78 is 0. The summed E-state index contributed by atoms with van der Waals surface area (Å²) in [6.45, 7) is 0. The molecule has 3 rings (SSSR count). The van der Waals surface area contributed by atoms with Crippen LogP contribution in [0, 0.1) is 0 Å². The smallest absolute Gasteiger partial charge is 0.271 e. The van der Waals surface area contributed by atoms with E-state index in [4.69, 9.17) is 11.6 Å². The van der Waals surface area contributed by atoms with E-state index in [0.29, 0.717) is 22.6 Å². The molecular weight excluding hydrogens is 276 g/mol. The molecule has 2 N–H and O–H groups in total. The molecule has 0 aliphatic heterocycles. The summed E-state index contributed by atoms with van der Waals surface area (Å²) >= 11 is 5.90. The predicted molar refractivity (Wildman–Crippen MR) is 77.3 cm³/mol. The largest absolute Gasteiger partial charge is 0.348 e. The Bertz CT molecular complexity index is 625. The van der Waals surface area contributed by atoms with E-state index in [1.165, 1.54) is 12.4 Å². The Balaban J connectivity index is 1.67. The fourth-order valence-electron chi connectivity index (χ4n) is 1.71. The molecule has 0 unspecified atom stereocenters. The van der Waals surface area contributed by atoms with E-state index < -0.39 is 0 Å². The maximum absolute atomic E-state index is 11.8. The lowest BCUT2D eigenvalue weighted by atomic mass is 10.3. The molecule has 2 aromatic rings. The van der Waals surface area contributed by atoms with Gasteiger partial charge in [-0.1, -0.05) is 17.7 Å². The number of nitrogens with one attached hydrogen (secondary N) is 2. The summed E-state index contributed by atoms with van der Waals surface area (Å²) in [5.41, 5.74) is 1.15. The van der Waals surface area contributed by atoms with Gasteiger partial charge in [0.25, 0.3) is 5.91 Å². The van der Waals surface area contributed by atoms with E-state index in [-0.39, 0.29) is 5.91 Å². The number of carbonyl (C=O) groups excluding carboxylic acids is 1. The Kier molecular flexibility index (Phi) is 3.52. The molecular formula is C14H13ClN4O. The van der Waals surface area contributed by atoms with E-state index in [2.05, 4.69) is 20.6 Å². The number of nitrogens with zero attached hydrogens (tertiary/aromatic N) is 2.